The van der Waals surface area contributed by atoms with E-state index in [4.69, 9.17) is 14.2 Å². The molecule has 0 aliphatic heterocycles. The van der Waals surface area contributed by atoms with Crippen molar-refractivity contribution in [1.82, 2.24) is 0 Å². The Labute approximate surface area is 508 Å². The maximum Gasteiger partial charge on any atom is 0.306 e. The summed E-state index contributed by atoms with van der Waals surface area (Å²) in [6, 6.07) is 0. The highest BCUT2D eigenvalue weighted by molar-refractivity contribution is 5.71. The Bertz CT molecular complexity index is 1590. The van der Waals surface area contributed by atoms with E-state index >= 15 is 0 Å². The molecule has 0 amide bonds. The molecule has 1 unspecified atom stereocenters. The summed E-state index contributed by atoms with van der Waals surface area (Å²) in [4.78, 5) is 38.4. The first-order valence-electron chi connectivity index (χ1n) is 35.2. The van der Waals surface area contributed by atoms with Crippen LogP contribution < -0.4 is 0 Å². The lowest BCUT2D eigenvalue weighted by Gasteiger charge is -2.18. The van der Waals surface area contributed by atoms with Gasteiger partial charge in [0.25, 0.3) is 0 Å². The lowest BCUT2D eigenvalue weighted by atomic mass is 10.0. The minimum absolute atomic E-state index is 0.0842. The molecule has 0 aliphatic rings. The van der Waals surface area contributed by atoms with Crippen LogP contribution in [0.4, 0.5) is 0 Å². The van der Waals surface area contributed by atoms with Gasteiger partial charge in [-0.3, -0.25) is 14.4 Å². The maximum absolute atomic E-state index is 12.9. The fraction of sp³-hybridized carbons (Fsp3) is 0.750. The van der Waals surface area contributed by atoms with Gasteiger partial charge < -0.3 is 14.2 Å². The second-order valence-corrected chi connectivity index (χ2v) is 23.4. The molecule has 6 nitrogen and oxygen atoms in total. The molecule has 0 aliphatic carbocycles. The first-order valence-corrected chi connectivity index (χ1v) is 35.2. The quantitative estimate of drug-likeness (QED) is 0.0261. The Hall–Kier alpha value is -3.67. The molecule has 0 aromatic heterocycles. The van der Waals surface area contributed by atoms with Crippen LogP contribution in [0.25, 0.3) is 0 Å². The molecule has 0 aromatic carbocycles. The molecule has 0 heterocycles. The van der Waals surface area contributed by atoms with Gasteiger partial charge in [0.2, 0.25) is 0 Å². The van der Waals surface area contributed by atoms with E-state index in [1.54, 1.807) is 0 Å². The molecule has 0 rings (SSSR count). The minimum Gasteiger partial charge on any atom is -0.462 e. The number of hydrogen-bond donors (Lipinski definition) is 0. The molecular weight excluding hydrogens is 1010 g/mol. The highest BCUT2D eigenvalue weighted by Crippen LogP contribution is 2.17. The number of ether oxygens (including phenoxy) is 3. The van der Waals surface area contributed by atoms with E-state index in [0.717, 1.165) is 128 Å². The van der Waals surface area contributed by atoms with E-state index in [1.165, 1.54) is 180 Å². The molecule has 0 N–H and O–H groups in total. The van der Waals surface area contributed by atoms with Gasteiger partial charge >= 0.3 is 17.9 Å². The normalized spacial score (nSPS) is 12.7. The second kappa shape index (κ2) is 69.8. The molecule has 0 bridgehead atoms. The minimum atomic E-state index is -0.790. The van der Waals surface area contributed by atoms with Crippen LogP contribution in [0, 0.1) is 0 Å². The van der Waals surface area contributed by atoms with E-state index in [0.29, 0.717) is 19.3 Å². The number of carbonyl (C=O) groups is 3. The van der Waals surface area contributed by atoms with E-state index in [1.807, 2.05) is 0 Å². The predicted octanol–water partition coefficient (Wildman–Crippen LogP) is 24.4. The molecule has 0 saturated heterocycles. The molecule has 0 fully saturated rings. The van der Waals surface area contributed by atoms with Gasteiger partial charge in [-0.1, -0.05) is 304 Å². The van der Waals surface area contributed by atoms with Crippen molar-refractivity contribution in [2.24, 2.45) is 0 Å². The fourth-order valence-electron chi connectivity index (χ4n) is 10.0. The van der Waals surface area contributed by atoms with Gasteiger partial charge in [-0.15, -0.1) is 0 Å². The van der Waals surface area contributed by atoms with Crippen LogP contribution in [-0.2, 0) is 28.6 Å². The Morgan fingerprint density at radius 2 is 0.476 bits per heavy atom. The smallest absolute Gasteiger partial charge is 0.306 e. The number of carbonyl (C=O) groups excluding carboxylic acids is 3. The molecule has 472 valence electrons. The summed E-state index contributed by atoms with van der Waals surface area (Å²) < 4.78 is 16.9. The third-order valence-electron chi connectivity index (χ3n) is 15.3. The lowest BCUT2D eigenvalue weighted by Crippen LogP contribution is -2.30. The van der Waals surface area contributed by atoms with Crippen LogP contribution >= 0.6 is 0 Å². The van der Waals surface area contributed by atoms with Crippen molar-refractivity contribution >= 4 is 17.9 Å². The number of unbranched alkanes of at least 4 members (excludes halogenated alkanes) is 37. The number of hydrogen-bond acceptors (Lipinski definition) is 6. The van der Waals surface area contributed by atoms with Gasteiger partial charge in [0.15, 0.2) is 6.10 Å². The lowest BCUT2D eigenvalue weighted by molar-refractivity contribution is -0.167. The largest absolute Gasteiger partial charge is 0.462 e. The van der Waals surface area contributed by atoms with Crippen LogP contribution in [0.15, 0.2) is 97.2 Å². The summed E-state index contributed by atoms with van der Waals surface area (Å²) >= 11 is 0. The van der Waals surface area contributed by atoms with Crippen molar-refractivity contribution in [2.45, 2.75) is 354 Å². The van der Waals surface area contributed by atoms with E-state index in [-0.39, 0.29) is 31.1 Å². The maximum atomic E-state index is 12.9. The first-order chi connectivity index (χ1) is 40.5. The summed E-state index contributed by atoms with van der Waals surface area (Å²) in [6.07, 6.45) is 94.4. The van der Waals surface area contributed by atoms with Crippen molar-refractivity contribution in [2.75, 3.05) is 13.2 Å². The SMILES string of the molecule is CC/C=C\C/C=C\C/C=C\C/C=C\CCCCCCCCCCCCCCCCCCCCCCC(=O)OCC(COC(=O)CCCCCCC/C=C\C/C=C\CCCCC)OC(=O)CCCCCCC/C=C\C/C=C\CCCCCC. The van der Waals surface area contributed by atoms with Crippen LogP contribution in [0.1, 0.15) is 348 Å². The molecular formula is C76H132O6. The van der Waals surface area contributed by atoms with Gasteiger partial charge in [0.1, 0.15) is 13.2 Å². The zero-order chi connectivity index (χ0) is 59.2. The summed E-state index contributed by atoms with van der Waals surface area (Å²) in [5.41, 5.74) is 0. The fourth-order valence-corrected chi connectivity index (χ4v) is 10.0. The molecule has 0 aromatic rings. The van der Waals surface area contributed by atoms with E-state index in [2.05, 4.69) is 118 Å². The zero-order valence-corrected chi connectivity index (χ0v) is 54.2. The van der Waals surface area contributed by atoms with Crippen molar-refractivity contribution < 1.29 is 28.6 Å². The monoisotopic (exact) mass is 1140 g/mol. The van der Waals surface area contributed by atoms with Crippen LogP contribution in [0.3, 0.4) is 0 Å². The number of rotatable bonds is 64. The predicted molar refractivity (Wildman–Crippen MR) is 357 cm³/mol. The molecule has 0 saturated carbocycles. The van der Waals surface area contributed by atoms with Crippen molar-refractivity contribution in [3.63, 3.8) is 0 Å². The summed E-state index contributed by atoms with van der Waals surface area (Å²) in [7, 11) is 0. The highest BCUT2D eigenvalue weighted by atomic mass is 16.6. The van der Waals surface area contributed by atoms with E-state index < -0.39 is 6.10 Å². The van der Waals surface area contributed by atoms with Gasteiger partial charge in [-0.05, 0) is 122 Å². The van der Waals surface area contributed by atoms with Crippen molar-refractivity contribution in [1.29, 1.82) is 0 Å². The Morgan fingerprint density at radius 3 is 0.768 bits per heavy atom. The first kappa shape index (κ1) is 78.3. The van der Waals surface area contributed by atoms with Gasteiger partial charge in [-0.2, -0.15) is 0 Å². The average molecular weight is 1140 g/mol. The standard InChI is InChI=1S/C76H132O6/c1-4-7-10-13-16-19-22-25-28-30-31-32-33-34-35-36-37-38-39-40-41-42-43-44-45-46-49-51-54-57-60-63-66-69-75(78)81-72-73(71-80-74(77)68-65-62-59-56-53-50-47-27-24-21-18-15-12-9-6-3)82-76(79)70-67-64-61-58-55-52-48-29-26-23-20-17-14-11-8-5-2/h7,10,16,18-21,23,25,27-29,31-32,47-48,73H,4-6,8-9,11-15,17,22,24,26,30,33-46,49-72H2,1-3H3/b10-7-,19-16-,21-18-,23-20-,28-25-,32-31-,47-27-,48-29-. The van der Waals surface area contributed by atoms with Gasteiger partial charge in [-0.25, -0.2) is 0 Å². The highest BCUT2D eigenvalue weighted by Gasteiger charge is 2.19. The average Bonchev–Trinajstić information content (AvgIpc) is 3.47. The number of esters is 3. The molecule has 0 spiro atoms. The third kappa shape index (κ3) is 67.1. The molecule has 0 radical (unpaired) electrons. The molecule has 1 atom stereocenters. The second-order valence-electron chi connectivity index (χ2n) is 23.4. The molecule has 6 heteroatoms. The van der Waals surface area contributed by atoms with Crippen LogP contribution in [0.5, 0.6) is 0 Å². The topological polar surface area (TPSA) is 78.9 Å². The Balaban J connectivity index is 4.19. The summed E-state index contributed by atoms with van der Waals surface area (Å²) in [5, 5.41) is 0. The number of allylic oxidation sites excluding steroid dienone is 16. The summed E-state index contributed by atoms with van der Waals surface area (Å²) in [6.45, 7) is 6.50. The van der Waals surface area contributed by atoms with Crippen LogP contribution in [0.2, 0.25) is 0 Å². The Kier molecular flexibility index (Phi) is 66.7. The zero-order valence-electron chi connectivity index (χ0n) is 54.2. The van der Waals surface area contributed by atoms with Crippen LogP contribution in [-0.4, -0.2) is 37.2 Å². The summed E-state index contributed by atoms with van der Waals surface area (Å²) in [5.74, 6) is -0.896. The van der Waals surface area contributed by atoms with Crippen molar-refractivity contribution in [3.8, 4) is 0 Å². The van der Waals surface area contributed by atoms with Gasteiger partial charge in [0, 0.05) is 19.3 Å². The Morgan fingerprint density at radius 1 is 0.256 bits per heavy atom. The third-order valence-corrected chi connectivity index (χ3v) is 15.3. The van der Waals surface area contributed by atoms with E-state index in [9.17, 15) is 14.4 Å². The van der Waals surface area contributed by atoms with Crippen molar-refractivity contribution in [3.05, 3.63) is 97.2 Å². The molecule has 82 heavy (non-hydrogen) atoms. The van der Waals surface area contributed by atoms with Gasteiger partial charge in [0.05, 0.1) is 0 Å².